The standard InChI is InChI=1S/C13H19ClN2O2/c1-5-16(8-13(3,4)18)12(17)10-6-7-11(14)15-9(10)2/h6-7,18H,5,8H2,1-4H3. The Balaban J connectivity index is 2.97. The highest BCUT2D eigenvalue weighted by molar-refractivity contribution is 6.29. The molecule has 0 saturated heterocycles. The van der Waals surface area contributed by atoms with Crippen LogP contribution >= 0.6 is 11.6 Å². The Morgan fingerprint density at radius 1 is 1.50 bits per heavy atom. The molecule has 1 rings (SSSR count). The van der Waals surface area contributed by atoms with Crippen LogP contribution in [0.15, 0.2) is 12.1 Å². The van der Waals surface area contributed by atoms with Gasteiger partial charge >= 0.3 is 0 Å². The Kier molecular flexibility index (Phi) is 4.71. The van der Waals surface area contributed by atoms with Gasteiger partial charge in [-0.25, -0.2) is 4.98 Å². The minimum absolute atomic E-state index is 0.138. The largest absolute Gasteiger partial charge is 0.389 e. The first-order valence-corrected chi connectivity index (χ1v) is 6.27. The van der Waals surface area contributed by atoms with Crippen LogP contribution in [-0.4, -0.2) is 39.6 Å². The third-order valence-electron chi connectivity index (χ3n) is 2.53. The first kappa shape index (κ1) is 14.9. The lowest BCUT2D eigenvalue weighted by atomic mass is 10.1. The van der Waals surface area contributed by atoms with E-state index in [0.29, 0.717) is 23.0 Å². The SMILES string of the molecule is CCN(CC(C)(C)O)C(=O)c1ccc(Cl)nc1C. The Bertz CT molecular complexity index is 441. The van der Waals surface area contributed by atoms with Gasteiger partial charge in [-0.2, -0.15) is 0 Å². The van der Waals surface area contributed by atoms with Crippen molar-refractivity contribution >= 4 is 17.5 Å². The van der Waals surface area contributed by atoms with Crippen molar-refractivity contribution in [1.29, 1.82) is 0 Å². The summed E-state index contributed by atoms with van der Waals surface area (Å²) in [5.41, 5.74) is 0.201. The van der Waals surface area contributed by atoms with Gasteiger partial charge in [-0.3, -0.25) is 4.79 Å². The number of likely N-dealkylation sites (N-methyl/N-ethyl adjacent to an activating group) is 1. The van der Waals surface area contributed by atoms with Crippen LogP contribution in [0.3, 0.4) is 0 Å². The fourth-order valence-electron chi connectivity index (χ4n) is 1.72. The zero-order chi connectivity index (χ0) is 13.9. The van der Waals surface area contributed by atoms with Gasteiger partial charge in [0.25, 0.3) is 5.91 Å². The molecule has 0 radical (unpaired) electrons. The number of aliphatic hydroxyl groups is 1. The number of aryl methyl sites for hydroxylation is 1. The predicted octanol–water partition coefficient (Wildman–Crippen LogP) is 2.28. The number of amides is 1. The number of pyridine rings is 1. The van der Waals surface area contributed by atoms with E-state index in [0.717, 1.165) is 0 Å². The zero-order valence-electron chi connectivity index (χ0n) is 11.2. The number of aromatic nitrogens is 1. The van der Waals surface area contributed by atoms with Crippen LogP contribution in [0.25, 0.3) is 0 Å². The number of carbonyl (C=O) groups is 1. The highest BCUT2D eigenvalue weighted by atomic mass is 35.5. The molecule has 0 aliphatic heterocycles. The van der Waals surface area contributed by atoms with E-state index >= 15 is 0 Å². The average molecular weight is 271 g/mol. The van der Waals surface area contributed by atoms with Crippen molar-refractivity contribution in [2.75, 3.05) is 13.1 Å². The number of halogens is 1. The van der Waals surface area contributed by atoms with E-state index in [1.165, 1.54) is 0 Å². The Hall–Kier alpha value is -1.13. The lowest BCUT2D eigenvalue weighted by molar-refractivity contribution is 0.0314. The van der Waals surface area contributed by atoms with Crippen molar-refractivity contribution in [3.63, 3.8) is 0 Å². The molecule has 1 aromatic heterocycles. The van der Waals surface area contributed by atoms with Crippen LogP contribution in [0.2, 0.25) is 5.15 Å². The van der Waals surface area contributed by atoms with Gasteiger partial charge in [-0.15, -0.1) is 0 Å². The number of hydrogen-bond donors (Lipinski definition) is 1. The molecule has 1 N–H and O–H groups in total. The van der Waals surface area contributed by atoms with Gasteiger partial charge in [-0.05, 0) is 39.8 Å². The van der Waals surface area contributed by atoms with Crippen molar-refractivity contribution in [1.82, 2.24) is 9.88 Å². The van der Waals surface area contributed by atoms with Crippen molar-refractivity contribution in [3.05, 3.63) is 28.5 Å². The predicted molar refractivity (Wildman–Crippen MR) is 71.9 cm³/mol. The fraction of sp³-hybridized carbons (Fsp3) is 0.538. The molecule has 0 aliphatic rings. The van der Waals surface area contributed by atoms with Crippen LogP contribution in [0.1, 0.15) is 36.8 Å². The van der Waals surface area contributed by atoms with Gasteiger partial charge in [0.1, 0.15) is 5.15 Å². The molecule has 18 heavy (non-hydrogen) atoms. The molecule has 100 valence electrons. The summed E-state index contributed by atoms with van der Waals surface area (Å²) in [5, 5.41) is 10.2. The Labute approximate surface area is 113 Å². The first-order valence-electron chi connectivity index (χ1n) is 5.89. The molecule has 0 aliphatic carbocycles. The summed E-state index contributed by atoms with van der Waals surface area (Å²) in [5.74, 6) is -0.138. The molecule has 0 spiro atoms. The average Bonchev–Trinajstić information content (AvgIpc) is 2.24. The van der Waals surface area contributed by atoms with Crippen LogP contribution in [-0.2, 0) is 0 Å². The van der Waals surface area contributed by atoms with Crippen molar-refractivity contribution in [3.8, 4) is 0 Å². The molecule has 0 bridgehead atoms. The van der Waals surface area contributed by atoms with E-state index in [9.17, 15) is 9.90 Å². The highest BCUT2D eigenvalue weighted by Crippen LogP contribution is 2.15. The number of carbonyl (C=O) groups excluding carboxylic acids is 1. The Morgan fingerprint density at radius 2 is 2.11 bits per heavy atom. The second kappa shape index (κ2) is 5.67. The maximum Gasteiger partial charge on any atom is 0.255 e. The monoisotopic (exact) mass is 270 g/mol. The van der Waals surface area contributed by atoms with E-state index in [-0.39, 0.29) is 12.5 Å². The topological polar surface area (TPSA) is 53.4 Å². The van der Waals surface area contributed by atoms with E-state index in [4.69, 9.17) is 11.6 Å². The third-order valence-corrected chi connectivity index (χ3v) is 2.74. The number of hydrogen-bond acceptors (Lipinski definition) is 3. The van der Waals surface area contributed by atoms with Gasteiger partial charge in [0.2, 0.25) is 0 Å². The normalized spacial score (nSPS) is 11.4. The molecule has 1 aromatic rings. The van der Waals surface area contributed by atoms with Crippen LogP contribution in [0.5, 0.6) is 0 Å². The fourth-order valence-corrected chi connectivity index (χ4v) is 1.91. The van der Waals surface area contributed by atoms with E-state index in [1.807, 2.05) is 6.92 Å². The second-order valence-electron chi connectivity index (χ2n) is 4.90. The van der Waals surface area contributed by atoms with Crippen LogP contribution < -0.4 is 0 Å². The molecular weight excluding hydrogens is 252 g/mol. The van der Waals surface area contributed by atoms with Gasteiger partial charge in [0.05, 0.1) is 16.9 Å². The molecule has 1 heterocycles. The van der Waals surface area contributed by atoms with Crippen LogP contribution in [0.4, 0.5) is 0 Å². The van der Waals surface area contributed by atoms with Gasteiger partial charge in [0, 0.05) is 13.1 Å². The molecule has 0 unspecified atom stereocenters. The third kappa shape index (κ3) is 3.96. The van der Waals surface area contributed by atoms with E-state index in [1.54, 1.807) is 37.8 Å². The summed E-state index contributed by atoms with van der Waals surface area (Å²) in [6.45, 7) is 7.79. The summed E-state index contributed by atoms with van der Waals surface area (Å²) in [7, 11) is 0. The summed E-state index contributed by atoms with van der Waals surface area (Å²) >= 11 is 5.77. The molecule has 5 heteroatoms. The molecule has 0 fully saturated rings. The van der Waals surface area contributed by atoms with Crippen molar-refractivity contribution < 1.29 is 9.90 Å². The van der Waals surface area contributed by atoms with Gasteiger partial charge < -0.3 is 10.0 Å². The van der Waals surface area contributed by atoms with Crippen molar-refractivity contribution in [2.24, 2.45) is 0 Å². The molecule has 4 nitrogen and oxygen atoms in total. The molecular formula is C13H19ClN2O2. The zero-order valence-corrected chi connectivity index (χ0v) is 12.0. The molecule has 0 saturated carbocycles. The molecule has 0 atom stereocenters. The smallest absolute Gasteiger partial charge is 0.255 e. The first-order chi connectivity index (χ1) is 8.24. The van der Waals surface area contributed by atoms with E-state index in [2.05, 4.69) is 4.98 Å². The highest BCUT2D eigenvalue weighted by Gasteiger charge is 2.23. The summed E-state index contributed by atoms with van der Waals surface area (Å²) in [4.78, 5) is 18.0. The lowest BCUT2D eigenvalue weighted by Crippen LogP contribution is -2.42. The maximum atomic E-state index is 12.3. The summed E-state index contributed by atoms with van der Waals surface area (Å²) < 4.78 is 0. The lowest BCUT2D eigenvalue weighted by Gasteiger charge is -2.28. The van der Waals surface area contributed by atoms with Gasteiger partial charge in [-0.1, -0.05) is 11.6 Å². The number of nitrogens with zero attached hydrogens (tertiary/aromatic N) is 2. The quantitative estimate of drug-likeness (QED) is 0.854. The summed E-state index contributed by atoms with van der Waals surface area (Å²) in [6, 6.07) is 3.26. The summed E-state index contributed by atoms with van der Waals surface area (Å²) in [6.07, 6.45) is 0. The second-order valence-corrected chi connectivity index (χ2v) is 5.29. The van der Waals surface area contributed by atoms with Crippen molar-refractivity contribution in [2.45, 2.75) is 33.3 Å². The minimum atomic E-state index is -0.917. The van der Waals surface area contributed by atoms with E-state index < -0.39 is 5.60 Å². The minimum Gasteiger partial charge on any atom is -0.389 e. The maximum absolute atomic E-state index is 12.3. The van der Waals surface area contributed by atoms with Crippen LogP contribution in [0, 0.1) is 6.92 Å². The molecule has 0 aromatic carbocycles. The molecule has 1 amide bonds. The number of rotatable bonds is 4. The Morgan fingerprint density at radius 3 is 2.56 bits per heavy atom. The van der Waals surface area contributed by atoms with Gasteiger partial charge in [0.15, 0.2) is 0 Å².